The molecule has 2 aliphatic heterocycles. The number of piperidine rings is 1. The van der Waals surface area contributed by atoms with Crippen LogP contribution in [0.4, 0.5) is 10.5 Å². The fourth-order valence-corrected chi connectivity index (χ4v) is 4.31. The molecule has 0 saturated carbocycles. The first-order chi connectivity index (χ1) is 14.4. The summed E-state index contributed by atoms with van der Waals surface area (Å²) in [4.78, 5) is 40.5. The minimum atomic E-state index is -0.226. The van der Waals surface area contributed by atoms with Gasteiger partial charge in [-0.3, -0.25) is 9.59 Å². The van der Waals surface area contributed by atoms with Crippen molar-refractivity contribution in [2.45, 2.75) is 57.4 Å². The third-order valence-electron chi connectivity index (χ3n) is 5.51. The lowest BCUT2D eigenvalue weighted by atomic mass is 10.0. The molecule has 2 heterocycles. The van der Waals surface area contributed by atoms with Gasteiger partial charge in [-0.15, -0.1) is 11.8 Å². The van der Waals surface area contributed by atoms with Crippen molar-refractivity contribution < 1.29 is 19.1 Å². The molecule has 2 saturated heterocycles. The molecule has 2 fully saturated rings. The molecule has 0 bridgehead atoms. The number of benzene rings is 1. The Kier molecular flexibility index (Phi) is 7.64. The number of hydrogen-bond acceptors (Lipinski definition) is 5. The van der Waals surface area contributed by atoms with E-state index in [-0.39, 0.29) is 30.1 Å². The van der Waals surface area contributed by atoms with E-state index in [2.05, 4.69) is 19.2 Å². The molecule has 0 aliphatic carbocycles. The molecule has 3 rings (SSSR count). The number of carbonyl (C=O) groups is 3. The Balaban J connectivity index is 1.49. The van der Waals surface area contributed by atoms with E-state index in [9.17, 15) is 14.4 Å². The average molecular weight is 434 g/mol. The molecule has 7 nitrogen and oxygen atoms in total. The van der Waals surface area contributed by atoms with Crippen LogP contribution in [0.3, 0.4) is 0 Å². The molecule has 0 spiro atoms. The lowest BCUT2D eigenvalue weighted by Crippen LogP contribution is -2.47. The van der Waals surface area contributed by atoms with Crippen molar-refractivity contribution in [1.82, 2.24) is 9.80 Å². The van der Waals surface area contributed by atoms with Gasteiger partial charge in [-0.25, -0.2) is 4.79 Å². The number of thioether (sulfide) groups is 1. The standard InChI is InChI=1S/C22H31N3O4S/c1-4-19-13-25(22(28)29-19)18-9-11-24(12-10-18)21(27)16-5-7-17(8-6-16)23-20(26)14-30-15(2)3/h5-8,15,18-19H,4,9-14H2,1-3H3,(H,23,26). The number of nitrogens with one attached hydrogen (secondary N) is 1. The summed E-state index contributed by atoms with van der Waals surface area (Å²) >= 11 is 1.59. The van der Waals surface area contributed by atoms with Gasteiger partial charge in [-0.05, 0) is 48.8 Å². The Morgan fingerprint density at radius 2 is 1.87 bits per heavy atom. The number of hydrogen-bond donors (Lipinski definition) is 1. The van der Waals surface area contributed by atoms with Crippen molar-refractivity contribution in [1.29, 1.82) is 0 Å². The van der Waals surface area contributed by atoms with Crippen molar-refractivity contribution >= 4 is 35.4 Å². The molecule has 30 heavy (non-hydrogen) atoms. The van der Waals surface area contributed by atoms with Crippen LogP contribution in [0.5, 0.6) is 0 Å². The van der Waals surface area contributed by atoms with E-state index in [1.807, 2.05) is 16.7 Å². The van der Waals surface area contributed by atoms with Crippen LogP contribution in [-0.2, 0) is 9.53 Å². The van der Waals surface area contributed by atoms with E-state index in [4.69, 9.17) is 4.74 Å². The monoisotopic (exact) mass is 433 g/mol. The lowest BCUT2D eigenvalue weighted by molar-refractivity contribution is -0.113. The van der Waals surface area contributed by atoms with Crippen molar-refractivity contribution in [2.75, 3.05) is 30.7 Å². The third-order valence-corrected chi connectivity index (χ3v) is 6.61. The van der Waals surface area contributed by atoms with Crippen LogP contribution in [0.15, 0.2) is 24.3 Å². The Bertz CT molecular complexity index is 760. The van der Waals surface area contributed by atoms with Crippen LogP contribution in [0.25, 0.3) is 0 Å². The molecule has 3 amide bonds. The second-order valence-electron chi connectivity index (χ2n) is 8.08. The summed E-state index contributed by atoms with van der Waals surface area (Å²) in [5, 5.41) is 3.27. The lowest BCUT2D eigenvalue weighted by Gasteiger charge is -2.35. The van der Waals surface area contributed by atoms with Crippen molar-refractivity contribution in [3.05, 3.63) is 29.8 Å². The van der Waals surface area contributed by atoms with Gasteiger partial charge in [0.05, 0.1) is 12.3 Å². The molecular formula is C22H31N3O4S. The number of anilines is 1. The molecular weight excluding hydrogens is 402 g/mol. The van der Waals surface area contributed by atoms with Gasteiger partial charge >= 0.3 is 6.09 Å². The minimum absolute atomic E-state index is 0.0138. The topological polar surface area (TPSA) is 79.0 Å². The predicted octanol–water partition coefficient (Wildman–Crippen LogP) is 3.60. The van der Waals surface area contributed by atoms with Gasteiger partial charge in [0.25, 0.3) is 5.91 Å². The Labute approximate surface area is 182 Å². The molecule has 1 unspecified atom stereocenters. The molecule has 0 aromatic heterocycles. The number of ether oxygens (including phenoxy) is 1. The molecule has 0 radical (unpaired) electrons. The summed E-state index contributed by atoms with van der Waals surface area (Å²) in [6.45, 7) is 8.02. The molecule has 1 N–H and O–H groups in total. The van der Waals surface area contributed by atoms with E-state index in [1.54, 1.807) is 36.0 Å². The smallest absolute Gasteiger partial charge is 0.410 e. The van der Waals surface area contributed by atoms with E-state index in [1.165, 1.54) is 0 Å². The first kappa shape index (κ1) is 22.5. The maximum Gasteiger partial charge on any atom is 0.410 e. The van der Waals surface area contributed by atoms with Crippen LogP contribution < -0.4 is 5.32 Å². The van der Waals surface area contributed by atoms with Gasteiger partial charge in [0.1, 0.15) is 6.10 Å². The number of rotatable bonds is 7. The first-order valence-corrected chi connectivity index (χ1v) is 11.7. The second-order valence-corrected chi connectivity index (χ2v) is 9.64. The highest BCUT2D eigenvalue weighted by atomic mass is 32.2. The molecule has 8 heteroatoms. The summed E-state index contributed by atoms with van der Waals surface area (Å²) in [6.07, 6.45) is 2.11. The highest BCUT2D eigenvalue weighted by molar-refractivity contribution is 8.00. The highest BCUT2D eigenvalue weighted by Gasteiger charge is 2.37. The summed E-state index contributed by atoms with van der Waals surface area (Å²) in [6, 6.07) is 7.18. The minimum Gasteiger partial charge on any atom is -0.444 e. The first-order valence-electron chi connectivity index (χ1n) is 10.7. The van der Waals surface area contributed by atoms with Gasteiger partial charge in [-0.1, -0.05) is 20.8 Å². The Morgan fingerprint density at radius 1 is 1.20 bits per heavy atom. The summed E-state index contributed by atoms with van der Waals surface area (Å²) in [5.74, 6) is 0.356. The number of nitrogens with zero attached hydrogens (tertiary/aromatic N) is 2. The van der Waals surface area contributed by atoms with Gasteiger partial charge < -0.3 is 19.9 Å². The van der Waals surface area contributed by atoms with E-state index < -0.39 is 0 Å². The van der Waals surface area contributed by atoms with E-state index >= 15 is 0 Å². The zero-order valence-electron chi connectivity index (χ0n) is 17.9. The second kappa shape index (κ2) is 10.2. The normalized spacial score (nSPS) is 19.9. The molecule has 2 aliphatic rings. The largest absolute Gasteiger partial charge is 0.444 e. The van der Waals surface area contributed by atoms with Crippen LogP contribution >= 0.6 is 11.8 Å². The third kappa shape index (κ3) is 5.68. The summed E-state index contributed by atoms with van der Waals surface area (Å²) in [7, 11) is 0. The molecule has 164 valence electrons. The zero-order valence-corrected chi connectivity index (χ0v) is 18.7. The SMILES string of the molecule is CCC1CN(C2CCN(C(=O)c3ccc(NC(=O)CSC(C)C)cc3)CC2)C(=O)O1. The number of cyclic esters (lactones) is 1. The zero-order chi connectivity index (χ0) is 21.7. The molecule has 1 atom stereocenters. The number of amides is 3. The van der Waals surface area contributed by atoms with E-state index in [0.717, 1.165) is 19.3 Å². The summed E-state index contributed by atoms with van der Waals surface area (Å²) < 4.78 is 5.36. The van der Waals surface area contributed by atoms with Crippen LogP contribution in [0.2, 0.25) is 0 Å². The van der Waals surface area contributed by atoms with Gasteiger partial charge in [-0.2, -0.15) is 0 Å². The van der Waals surface area contributed by atoms with Gasteiger partial charge in [0, 0.05) is 30.4 Å². The predicted molar refractivity (Wildman–Crippen MR) is 119 cm³/mol. The maximum absolute atomic E-state index is 12.8. The highest BCUT2D eigenvalue weighted by Crippen LogP contribution is 2.24. The van der Waals surface area contributed by atoms with Gasteiger partial charge in [0.2, 0.25) is 5.91 Å². The van der Waals surface area contributed by atoms with Crippen molar-refractivity contribution in [2.24, 2.45) is 0 Å². The Hall–Kier alpha value is -2.22. The van der Waals surface area contributed by atoms with Gasteiger partial charge in [0.15, 0.2) is 0 Å². The fraction of sp³-hybridized carbons (Fsp3) is 0.591. The molecule has 1 aromatic carbocycles. The maximum atomic E-state index is 12.8. The number of carbonyl (C=O) groups excluding carboxylic acids is 3. The molecule has 1 aromatic rings. The van der Waals surface area contributed by atoms with E-state index in [0.29, 0.717) is 41.9 Å². The van der Waals surface area contributed by atoms with Crippen molar-refractivity contribution in [3.8, 4) is 0 Å². The Morgan fingerprint density at radius 3 is 2.43 bits per heavy atom. The van der Waals surface area contributed by atoms with Crippen LogP contribution in [0, 0.1) is 0 Å². The van der Waals surface area contributed by atoms with Crippen molar-refractivity contribution in [3.63, 3.8) is 0 Å². The van der Waals surface area contributed by atoms with Crippen LogP contribution in [-0.4, -0.2) is 70.5 Å². The van der Waals surface area contributed by atoms with Crippen LogP contribution in [0.1, 0.15) is 50.4 Å². The summed E-state index contributed by atoms with van der Waals surface area (Å²) in [5.41, 5.74) is 1.30. The quantitative estimate of drug-likeness (QED) is 0.711. The average Bonchev–Trinajstić information content (AvgIpc) is 3.13. The number of likely N-dealkylation sites (tertiary alicyclic amines) is 1. The fourth-order valence-electron chi connectivity index (χ4n) is 3.75.